The molecule has 0 unspecified atom stereocenters. The molecule has 0 atom stereocenters. The second-order valence-electron chi connectivity index (χ2n) is 15.2. The Balaban J connectivity index is 0.947. The maximum Gasteiger partial charge on any atom is 0.160 e. The lowest BCUT2D eigenvalue weighted by molar-refractivity contribution is 1.17. The van der Waals surface area contributed by atoms with Gasteiger partial charge in [0.1, 0.15) is 0 Å². The molecule has 0 spiro atoms. The van der Waals surface area contributed by atoms with Crippen LogP contribution in [0.25, 0.3) is 100 Å². The molecular weight excluding hydrogens is 705 g/mol. The van der Waals surface area contributed by atoms with Crippen molar-refractivity contribution in [3.8, 4) is 56.4 Å². The number of aromatic nitrogens is 4. The van der Waals surface area contributed by atoms with Gasteiger partial charge < -0.3 is 9.13 Å². The quantitative estimate of drug-likeness (QED) is 0.170. The molecule has 58 heavy (non-hydrogen) atoms. The molecule has 8 aromatic carbocycles. The maximum absolute atomic E-state index is 5.07. The Hall–Kier alpha value is -7.56. The standard InChI is InChI=1S/C54H38N4/c1-35-15-19-39(20-16-35)48-34-49(56-54(55-48)41-21-17-36(2)18-22-41)40-25-23-37(24-26-40)38-27-29-42(30-28-38)57-52-14-8-5-11-46(52)47-33-43(31-32-53(47)57)58-50-12-6-3-9-44(50)45-10-4-7-13-51(45)58/h3-34H,1-2H3. The summed E-state index contributed by atoms with van der Waals surface area (Å²) in [5.74, 6) is 0.723. The van der Waals surface area contributed by atoms with Crippen LogP contribution in [0.1, 0.15) is 11.1 Å². The lowest BCUT2D eigenvalue weighted by atomic mass is 10.0. The van der Waals surface area contributed by atoms with Gasteiger partial charge in [0.05, 0.1) is 33.5 Å². The van der Waals surface area contributed by atoms with Crippen LogP contribution in [0.15, 0.2) is 194 Å². The average Bonchev–Trinajstić information content (AvgIpc) is 3.79. The summed E-state index contributed by atoms with van der Waals surface area (Å²) in [6.07, 6.45) is 0. The molecule has 3 aromatic heterocycles. The van der Waals surface area contributed by atoms with Crippen molar-refractivity contribution in [2.75, 3.05) is 0 Å². The molecule has 0 radical (unpaired) electrons. The minimum Gasteiger partial charge on any atom is -0.309 e. The van der Waals surface area contributed by atoms with E-state index in [1.165, 1.54) is 54.7 Å². The summed E-state index contributed by atoms with van der Waals surface area (Å²) >= 11 is 0. The summed E-state index contributed by atoms with van der Waals surface area (Å²) in [4.78, 5) is 10.1. The van der Waals surface area contributed by atoms with E-state index in [9.17, 15) is 0 Å². The number of aryl methyl sites for hydroxylation is 2. The molecule has 274 valence electrons. The first kappa shape index (κ1) is 33.8. The zero-order valence-corrected chi connectivity index (χ0v) is 32.3. The summed E-state index contributed by atoms with van der Waals surface area (Å²) < 4.78 is 4.78. The fourth-order valence-corrected chi connectivity index (χ4v) is 8.51. The molecule has 0 aliphatic carbocycles. The SMILES string of the molecule is Cc1ccc(-c2cc(-c3ccc(-c4ccc(-n5c6ccccc6c6cc(-n7c8ccccc8c8ccccc87)ccc65)cc4)cc3)nc(-c3ccc(C)cc3)n2)cc1. The molecule has 0 saturated heterocycles. The Labute approximate surface area is 337 Å². The van der Waals surface area contributed by atoms with Crippen molar-refractivity contribution >= 4 is 43.6 Å². The molecule has 0 saturated carbocycles. The topological polar surface area (TPSA) is 35.6 Å². The van der Waals surface area contributed by atoms with Gasteiger partial charge in [-0.1, -0.05) is 151 Å². The molecule has 0 aliphatic rings. The average molecular weight is 743 g/mol. The largest absolute Gasteiger partial charge is 0.309 e. The number of fused-ring (bicyclic) bond motifs is 6. The fourth-order valence-electron chi connectivity index (χ4n) is 8.51. The fraction of sp³-hybridized carbons (Fsp3) is 0.0370. The Morgan fingerprint density at radius 3 is 1.22 bits per heavy atom. The highest BCUT2D eigenvalue weighted by Crippen LogP contribution is 2.37. The molecule has 4 nitrogen and oxygen atoms in total. The lowest BCUT2D eigenvalue weighted by Crippen LogP contribution is -1.96. The number of nitrogens with zero attached hydrogens (tertiary/aromatic N) is 4. The third kappa shape index (κ3) is 5.69. The number of benzene rings is 8. The maximum atomic E-state index is 5.07. The number of hydrogen-bond donors (Lipinski definition) is 0. The third-order valence-corrected chi connectivity index (χ3v) is 11.5. The first-order valence-corrected chi connectivity index (χ1v) is 19.8. The summed E-state index contributed by atoms with van der Waals surface area (Å²) in [6, 6.07) is 69.8. The van der Waals surface area contributed by atoms with Crippen LogP contribution >= 0.6 is 0 Å². The van der Waals surface area contributed by atoms with E-state index in [1.54, 1.807) is 0 Å². The zero-order valence-electron chi connectivity index (χ0n) is 32.3. The predicted molar refractivity (Wildman–Crippen MR) is 242 cm³/mol. The van der Waals surface area contributed by atoms with Gasteiger partial charge in [0.25, 0.3) is 0 Å². The molecule has 0 fully saturated rings. The van der Waals surface area contributed by atoms with E-state index in [1.807, 2.05) is 0 Å². The van der Waals surface area contributed by atoms with Crippen molar-refractivity contribution in [3.63, 3.8) is 0 Å². The normalized spacial score (nSPS) is 11.6. The Bertz CT molecular complexity index is 3200. The molecule has 4 heteroatoms. The van der Waals surface area contributed by atoms with Crippen LogP contribution in [-0.2, 0) is 0 Å². The van der Waals surface area contributed by atoms with Crippen LogP contribution in [0, 0.1) is 13.8 Å². The van der Waals surface area contributed by atoms with E-state index in [0.717, 1.165) is 56.4 Å². The highest BCUT2D eigenvalue weighted by atomic mass is 15.0. The predicted octanol–water partition coefficient (Wildman–Crippen LogP) is 14.0. The van der Waals surface area contributed by atoms with E-state index >= 15 is 0 Å². The Kier molecular flexibility index (Phi) is 7.90. The van der Waals surface area contributed by atoms with E-state index in [-0.39, 0.29) is 0 Å². The summed E-state index contributed by atoms with van der Waals surface area (Å²) in [6.45, 7) is 4.21. The highest BCUT2D eigenvalue weighted by Gasteiger charge is 2.17. The molecular formula is C54H38N4. The van der Waals surface area contributed by atoms with Crippen LogP contribution in [0.5, 0.6) is 0 Å². The first-order valence-electron chi connectivity index (χ1n) is 19.8. The summed E-state index contributed by atoms with van der Waals surface area (Å²) in [5.41, 5.74) is 16.8. The minimum atomic E-state index is 0.723. The van der Waals surface area contributed by atoms with Crippen LogP contribution in [0.4, 0.5) is 0 Å². The highest BCUT2D eigenvalue weighted by molar-refractivity contribution is 6.12. The Morgan fingerprint density at radius 1 is 0.310 bits per heavy atom. The number of para-hydroxylation sites is 3. The van der Waals surface area contributed by atoms with Gasteiger partial charge in [0, 0.05) is 49.6 Å². The summed E-state index contributed by atoms with van der Waals surface area (Å²) in [5, 5.41) is 5.00. The lowest BCUT2D eigenvalue weighted by Gasteiger charge is -2.12. The number of hydrogen-bond acceptors (Lipinski definition) is 2. The smallest absolute Gasteiger partial charge is 0.160 e. The van der Waals surface area contributed by atoms with Crippen LogP contribution in [0.2, 0.25) is 0 Å². The summed E-state index contributed by atoms with van der Waals surface area (Å²) in [7, 11) is 0. The van der Waals surface area contributed by atoms with E-state index in [0.29, 0.717) is 0 Å². The molecule has 0 amide bonds. The van der Waals surface area contributed by atoms with Gasteiger partial charge in [0.2, 0.25) is 0 Å². The first-order chi connectivity index (χ1) is 28.6. The van der Waals surface area contributed by atoms with Crippen molar-refractivity contribution < 1.29 is 0 Å². The van der Waals surface area contributed by atoms with Crippen molar-refractivity contribution in [2.45, 2.75) is 13.8 Å². The van der Waals surface area contributed by atoms with Gasteiger partial charge in [0.15, 0.2) is 5.82 Å². The second-order valence-corrected chi connectivity index (χ2v) is 15.2. The van der Waals surface area contributed by atoms with Gasteiger partial charge in [-0.05, 0) is 79.6 Å². The van der Waals surface area contributed by atoms with Crippen molar-refractivity contribution in [1.29, 1.82) is 0 Å². The molecule has 11 rings (SSSR count). The van der Waals surface area contributed by atoms with E-state index in [4.69, 9.17) is 9.97 Å². The van der Waals surface area contributed by atoms with Gasteiger partial charge in [-0.15, -0.1) is 0 Å². The second kappa shape index (κ2) is 13.6. The molecule has 0 N–H and O–H groups in total. The van der Waals surface area contributed by atoms with E-state index < -0.39 is 0 Å². The van der Waals surface area contributed by atoms with Crippen molar-refractivity contribution in [2.24, 2.45) is 0 Å². The molecule has 0 bridgehead atoms. The minimum absolute atomic E-state index is 0.723. The van der Waals surface area contributed by atoms with Gasteiger partial charge in [-0.2, -0.15) is 0 Å². The van der Waals surface area contributed by atoms with Crippen LogP contribution in [0.3, 0.4) is 0 Å². The van der Waals surface area contributed by atoms with Crippen LogP contribution < -0.4 is 0 Å². The molecule has 3 heterocycles. The van der Waals surface area contributed by atoms with E-state index in [2.05, 4.69) is 217 Å². The Morgan fingerprint density at radius 2 is 0.690 bits per heavy atom. The van der Waals surface area contributed by atoms with Gasteiger partial charge in [-0.25, -0.2) is 9.97 Å². The van der Waals surface area contributed by atoms with Gasteiger partial charge >= 0.3 is 0 Å². The molecule has 11 aromatic rings. The van der Waals surface area contributed by atoms with Crippen molar-refractivity contribution in [1.82, 2.24) is 19.1 Å². The van der Waals surface area contributed by atoms with Crippen LogP contribution in [-0.4, -0.2) is 19.1 Å². The van der Waals surface area contributed by atoms with Gasteiger partial charge in [-0.3, -0.25) is 0 Å². The third-order valence-electron chi connectivity index (χ3n) is 11.5. The monoisotopic (exact) mass is 742 g/mol. The molecule has 0 aliphatic heterocycles. The zero-order chi connectivity index (χ0) is 38.7. The number of rotatable bonds is 6. The van der Waals surface area contributed by atoms with Crippen molar-refractivity contribution in [3.05, 3.63) is 205 Å².